The third kappa shape index (κ3) is 22.8. The summed E-state index contributed by atoms with van der Waals surface area (Å²) < 4.78 is 30.2. The van der Waals surface area contributed by atoms with Gasteiger partial charge in [-0.05, 0) is 12.5 Å². The van der Waals surface area contributed by atoms with E-state index in [-0.39, 0.29) is 0 Å². The van der Waals surface area contributed by atoms with Gasteiger partial charge in [0.15, 0.2) is 25.7 Å². The summed E-state index contributed by atoms with van der Waals surface area (Å²) in [6.45, 7) is 11.3. The van der Waals surface area contributed by atoms with Crippen molar-refractivity contribution < 1.29 is 63.9 Å². The summed E-state index contributed by atoms with van der Waals surface area (Å²) in [5.74, 6) is 14.4. The molecule has 14 heterocycles. The largest absolute Gasteiger partial charge is 0.266 e. The first-order valence-corrected chi connectivity index (χ1v) is 37.4. The van der Waals surface area contributed by atoms with Crippen molar-refractivity contribution in [2.45, 2.75) is 112 Å². The van der Waals surface area contributed by atoms with Crippen LogP contribution in [0, 0.1) is 0 Å². The Bertz CT molecular complexity index is 3870. The molecule has 0 radical (unpaired) electrons. The van der Waals surface area contributed by atoms with Gasteiger partial charge in [0, 0.05) is 37.2 Å². The maximum atomic E-state index is 3.34. The highest BCUT2D eigenvalue weighted by Gasteiger charge is 2.21. The fourth-order valence-electron chi connectivity index (χ4n) is 11.2. The minimum atomic E-state index is 0.874. The van der Waals surface area contributed by atoms with Crippen molar-refractivity contribution in [3.63, 3.8) is 0 Å². The number of H-pyrrole nitrogens is 14. The lowest BCUT2D eigenvalue weighted by molar-refractivity contribution is -0.917. The average molecular weight is 1420 g/mol. The number of thioether (sulfide) groups is 2. The first-order chi connectivity index (χ1) is 49.1. The van der Waals surface area contributed by atoms with Crippen LogP contribution in [-0.2, 0) is 141 Å². The van der Waals surface area contributed by atoms with Gasteiger partial charge in [0.05, 0.1) is 69.2 Å². The number of hydrogen-bond acceptors (Lipinski definition) is 2. The molecular weight excluding hydrogens is 1310 g/mol. The molecule has 536 valence electrons. The summed E-state index contributed by atoms with van der Waals surface area (Å²) in [7, 11) is 16.3. The average Bonchev–Trinajstić information content (AvgIpc) is 1.81. The molecule has 0 saturated heterocycles. The molecule has 0 aliphatic heterocycles. The summed E-state index contributed by atoms with van der Waals surface area (Å²) in [4.78, 5) is 44.8. The third-order valence-electron chi connectivity index (χ3n) is 17.7. The number of aromatic amines is 14. The molecule has 101 heavy (non-hydrogen) atoms. The predicted octanol–water partition coefficient (Wildman–Crippen LogP) is 0.662. The summed E-state index contributed by atoms with van der Waals surface area (Å²) in [5, 5.41) is 0. The lowest BCUT2D eigenvalue weighted by atomic mass is 10.3. The van der Waals surface area contributed by atoms with E-state index in [1.165, 1.54) is 81.0 Å². The zero-order valence-electron chi connectivity index (χ0n) is 61.8. The smallest absolute Gasteiger partial charge is 0.250 e. The van der Waals surface area contributed by atoms with E-state index in [1.54, 1.807) is 0 Å². The summed E-state index contributed by atoms with van der Waals surface area (Å²) in [5.41, 5.74) is 5.30. The van der Waals surface area contributed by atoms with E-state index < -0.39 is 0 Å². The van der Waals surface area contributed by atoms with Gasteiger partial charge in [0.2, 0.25) is 45.3 Å². The molecule has 0 fully saturated rings. The molecular formula is C71H114N28S2+14. The molecule has 0 aliphatic carbocycles. The molecule has 14 aromatic heterocycles. The van der Waals surface area contributed by atoms with Crippen molar-refractivity contribution in [3.05, 3.63) is 255 Å². The molecule has 0 aromatic carbocycles. The Morgan fingerprint density at radius 2 is 0.446 bits per heavy atom. The number of rotatable bonds is 24. The van der Waals surface area contributed by atoms with Gasteiger partial charge < -0.3 is 0 Å². The van der Waals surface area contributed by atoms with Gasteiger partial charge in [-0.25, -0.2) is 106 Å². The van der Waals surface area contributed by atoms with Gasteiger partial charge in [0.1, 0.15) is 171 Å². The van der Waals surface area contributed by atoms with E-state index >= 15 is 0 Å². The topological polar surface area (TPSA) is 275 Å². The van der Waals surface area contributed by atoms with Crippen LogP contribution in [-0.4, -0.2) is 93.8 Å². The van der Waals surface area contributed by atoms with Crippen LogP contribution in [0.5, 0.6) is 0 Å². The van der Waals surface area contributed by atoms with Crippen molar-refractivity contribution >= 4 is 23.5 Å². The van der Waals surface area contributed by atoms with Crippen LogP contribution >= 0.6 is 23.5 Å². The molecule has 0 amide bonds. The van der Waals surface area contributed by atoms with Crippen LogP contribution in [0.2, 0.25) is 0 Å². The van der Waals surface area contributed by atoms with Crippen LogP contribution in [0.15, 0.2) is 174 Å². The van der Waals surface area contributed by atoms with E-state index in [9.17, 15) is 0 Å². The number of aromatic nitrogens is 28. The number of nitrogens with zero attached hydrogens (tertiary/aromatic N) is 14. The normalized spacial score (nSPS) is 10.8. The molecule has 14 N–H and O–H groups in total. The van der Waals surface area contributed by atoms with Crippen LogP contribution in [0.25, 0.3) is 0 Å². The van der Waals surface area contributed by atoms with E-state index in [4.69, 9.17) is 0 Å². The summed E-state index contributed by atoms with van der Waals surface area (Å²) in [6, 6.07) is 0. The summed E-state index contributed by atoms with van der Waals surface area (Å²) in [6.07, 6.45) is 70.4. The fourth-order valence-corrected chi connectivity index (χ4v) is 12.0. The number of nitrogens with one attached hydrogen (secondary N) is 14. The molecule has 0 unspecified atom stereocenters. The molecule has 30 heteroatoms. The van der Waals surface area contributed by atoms with Crippen LogP contribution < -0.4 is 63.9 Å². The van der Waals surface area contributed by atoms with Crippen molar-refractivity contribution in [3.8, 4) is 0 Å². The molecule has 28 nitrogen and oxygen atoms in total. The number of hydrogen-bond donors (Lipinski definition) is 14. The zero-order chi connectivity index (χ0) is 71.9. The Balaban J connectivity index is 0.000000150. The maximum Gasteiger partial charge on any atom is 0.266 e. The SMILES string of the molecule is CCc1c[nH]c[n+]1C[n+]1c[nH]cc1CC.CCc1c[nH]c[n+]1C[n+]1c[nH]cc1CC.CSCCc1[nH]cc[n+]1C[n+]1cc[nH]c1CCSC.C[n+]1cc[nH]c1Cc1[nH]cc[n+]1C.C[n+]1cc[nH]c1Cc1[nH]cc[n+]1C.C[n+]1cc[nH]c1Cc1[nH]cc[n+]1C.C[n+]1cc[nH]c1Cc1[nH]cc[n+]1C. The molecule has 0 spiro atoms. The van der Waals surface area contributed by atoms with Crippen LogP contribution in [0.4, 0.5) is 0 Å². The van der Waals surface area contributed by atoms with Crippen molar-refractivity contribution in [1.29, 1.82) is 0 Å². The third-order valence-corrected chi connectivity index (χ3v) is 18.9. The molecule has 14 rings (SSSR count). The number of imidazole rings is 14. The molecule has 0 aliphatic rings. The lowest BCUT2D eigenvalue weighted by Gasteiger charge is -2.01. The second kappa shape index (κ2) is 40.0. The van der Waals surface area contributed by atoms with Crippen LogP contribution in [0.1, 0.15) is 109 Å². The fraction of sp³-hybridized carbons (Fsp3) is 0.408. The number of aryl methyl sites for hydroxylation is 14. The Labute approximate surface area is 601 Å². The Morgan fingerprint density at radius 1 is 0.257 bits per heavy atom. The Kier molecular flexibility index (Phi) is 30.3. The summed E-state index contributed by atoms with van der Waals surface area (Å²) >= 11 is 3.76. The van der Waals surface area contributed by atoms with Gasteiger partial charge in [-0.1, -0.05) is 27.7 Å². The monoisotopic (exact) mass is 1420 g/mol. The first-order valence-electron chi connectivity index (χ1n) is 34.6. The highest BCUT2D eigenvalue weighted by molar-refractivity contribution is 7.98. The van der Waals surface area contributed by atoms with E-state index in [0.29, 0.717) is 0 Å². The van der Waals surface area contributed by atoms with E-state index in [1.807, 2.05) is 217 Å². The van der Waals surface area contributed by atoms with Gasteiger partial charge in [-0.15, -0.1) is 0 Å². The highest BCUT2D eigenvalue weighted by Crippen LogP contribution is 2.02. The van der Waals surface area contributed by atoms with E-state index in [2.05, 4.69) is 211 Å². The molecule has 14 aromatic rings. The van der Waals surface area contributed by atoms with E-state index in [0.717, 1.165) is 95.7 Å². The second-order valence-corrected chi connectivity index (χ2v) is 26.5. The van der Waals surface area contributed by atoms with Crippen molar-refractivity contribution in [2.24, 2.45) is 56.4 Å². The standard InChI is InChI=1S/C13H20N4S2.2C11H16N4.4C9H12N4/c1-18-9-3-12-14-5-7-16(12)11-17-8-6-15-13(17)4-10-19-2;2*1-3-10-5-12-7-14(10)9-15-8-13-6-11(15)4-2;4*1-12-5-3-10-8(12)7-9-11-4-6-13(9)2/h5-8H,3-4,9-11H2,1-2H3;2*5-8H,3-4,9H2,1-2H3;4*3-6H,7H2,1-2H3/p+14. The van der Waals surface area contributed by atoms with Crippen LogP contribution in [0.3, 0.4) is 0 Å². The Morgan fingerprint density at radius 3 is 0.624 bits per heavy atom. The minimum absolute atomic E-state index is 0.874. The van der Waals surface area contributed by atoms with Crippen molar-refractivity contribution in [2.75, 3.05) is 24.0 Å². The molecule has 0 bridgehead atoms. The highest BCUT2D eigenvalue weighted by atomic mass is 32.2. The molecule has 0 atom stereocenters. The minimum Gasteiger partial charge on any atom is -0.250 e. The van der Waals surface area contributed by atoms with Crippen molar-refractivity contribution in [1.82, 2.24) is 69.8 Å². The van der Waals surface area contributed by atoms with Gasteiger partial charge >= 0.3 is 0 Å². The van der Waals surface area contributed by atoms with Gasteiger partial charge in [0.25, 0.3) is 58.2 Å². The predicted molar refractivity (Wildman–Crippen MR) is 381 cm³/mol. The maximum absolute atomic E-state index is 3.34. The Hall–Kier alpha value is -10.4. The zero-order valence-corrected chi connectivity index (χ0v) is 63.5. The van der Waals surface area contributed by atoms with Gasteiger partial charge in [-0.3, -0.25) is 0 Å². The van der Waals surface area contributed by atoms with Gasteiger partial charge in [-0.2, -0.15) is 50.9 Å². The first kappa shape index (κ1) is 76.4. The lowest BCUT2D eigenvalue weighted by Crippen LogP contribution is -2.53. The molecule has 0 saturated carbocycles. The second-order valence-electron chi connectivity index (χ2n) is 24.5. The quantitative estimate of drug-likeness (QED) is 0.0389.